The summed E-state index contributed by atoms with van der Waals surface area (Å²) in [6.45, 7) is 1.20. The Balaban J connectivity index is 1.80. The highest BCUT2D eigenvalue weighted by Crippen LogP contribution is 2.25. The number of carbonyl (C=O) groups is 3. The van der Waals surface area contributed by atoms with E-state index in [2.05, 4.69) is 10.6 Å². The SMILES string of the molecule is CC(OC(=O)CCNC(=O)c1ccc(F)cc1F)C(=O)Nc1cc(Cl)ccc1Cl. The third kappa shape index (κ3) is 6.69. The molecule has 0 saturated carbocycles. The van der Waals surface area contributed by atoms with Crippen LogP contribution in [-0.4, -0.2) is 30.4 Å². The minimum Gasteiger partial charge on any atom is -0.452 e. The van der Waals surface area contributed by atoms with Crippen molar-refractivity contribution < 1.29 is 27.9 Å². The van der Waals surface area contributed by atoms with Crippen LogP contribution in [0.5, 0.6) is 0 Å². The molecule has 0 heterocycles. The van der Waals surface area contributed by atoms with Crippen LogP contribution < -0.4 is 10.6 Å². The molecule has 10 heteroatoms. The largest absolute Gasteiger partial charge is 0.452 e. The first-order chi connectivity index (χ1) is 13.7. The maximum absolute atomic E-state index is 13.5. The van der Waals surface area contributed by atoms with Crippen molar-refractivity contribution in [2.75, 3.05) is 11.9 Å². The van der Waals surface area contributed by atoms with Crippen molar-refractivity contribution in [2.45, 2.75) is 19.4 Å². The highest BCUT2D eigenvalue weighted by Gasteiger charge is 2.19. The molecule has 0 aromatic heterocycles. The lowest BCUT2D eigenvalue weighted by Gasteiger charge is -2.14. The Bertz CT molecular complexity index is 940. The van der Waals surface area contributed by atoms with E-state index in [1.165, 1.54) is 19.1 Å². The van der Waals surface area contributed by atoms with Crippen LogP contribution in [0.4, 0.5) is 14.5 Å². The molecule has 29 heavy (non-hydrogen) atoms. The number of ether oxygens (including phenoxy) is 1. The van der Waals surface area contributed by atoms with Crippen LogP contribution in [0, 0.1) is 11.6 Å². The van der Waals surface area contributed by atoms with Gasteiger partial charge in [-0.2, -0.15) is 0 Å². The van der Waals surface area contributed by atoms with Crippen molar-refractivity contribution in [1.82, 2.24) is 5.32 Å². The van der Waals surface area contributed by atoms with Gasteiger partial charge in [-0.15, -0.1) is 0 Å². The third-order valence-electron chi connectivity index (χ3n) is 3.65. The highest BCUT2D eigenvalue weighted by molar-refractivity contribution is 6.35. The average molecular weight is 445 g/mol. The second kappa shape index (κ2) is 10.2. The quantitative estimate of drug-likeness (QED) is 0.632. The Morgan fingerprint density at radius 1 is 1.10 bits per heavy atom. The monoisotopic (exact) mass is 444 g/mol. The van der Waals surface area contributed by atoms with E-state index in [1.54, 1.807) is 6.07 Å². The Labute approximate surface area is 175 Å². The summed E-state index contributed by atoms with van der Waals surface area (Å²) >= 11 is 11.8. The molecular weight excluding hydrogens is 429 g/mol. The highest BCUT2D eigenvalue weighted by atomic mass is 35.5. The van der Waals surface area contributed by atoms with Gasteiger partial charge in [-0.05, 0) is 37.3 Å². The van der Waals surface area contributed by atoms with Crippen molar-refractivity contribution >= 4 is 46.7 Å². The van der Waals surface area contributed by atoms with Gasteiger partial charge in [-0.3, -0.25) is 14.4 Å². The molecule has 2 N–H and O–H groups in total. The molecule has 0 aliphatic rings. The van der Waals surface area contributed by atoms with Gasteiger partial charge in [0.2, 0.25) is 0 Å². The number of hydrogen-bond donors (Lipinski definition) is 2. The molecule has 0 aliphatic heterocycles. The van der Waals surface area contributed by atoms with Gasteiger partial charge in [0.15, 0.2) is 6.10 Å². The van der Waals surface area contributed by atoms with Crippen LogP contribution in [0.1, 0.15) is 23.7 Å². The van der Waals surface area contributed by atoms with Crippen molar-refractivity contribution in [3.63, 3.8) is 0 Å². The summed E-state index contributed by atoms with van der Waals surface area (Å²) in [5.41, 5.74) is -0.0911. The van der Waals surface area contributed by atoms with Crippen LogP contribution in [0.25, 0.3) is 0 Å². The summed E-state index contributed by atoms with van der Waals surface area (Å²) in [7, 11) is 0. The topological polar surface area (TPSA) is 84.5 Å². The standard InChI is InChI=1S/C19H16Cl2F2N2O4/c1-10(18(27)25-16-8-11(20)2-5-14(16)21)29-17(26)6-7-24-19(28)13-4-3-12(22)9-15(13)23/h2-5,8-10H,6-7H2,1H3,(H,24,28)(H,25,27). The average Bonchev–Trinajstić information content (AvgIpc) is 2.64. The summed E-state index contributed by atoms with van der Waals surface area (Å²) in [6, 6.07) is 7.01. The first kappa shape index (κ1) is 22.6. The lowest BCUT2D eigenvalue weighted by molar-refractivity contribution is -0.153. The van der Waals surface area contributed by atoms with E-state index in [1.807, 2.05) is 0 Å². The first-order valence-electron chi connectivity index (χ1n) is 8.36. The Hall–Kier alpha value is -2.71. The Kier molecular flexibility index (Phi) is 7.92. The molecule has 2 amide bonds. The number of rotatable bonds is 7. The summed E-state index contributed by atoms with van der Waals surface area (Å²) in [5, 5.41) is 5.42. The molecule has 0 saturated heterocycles. The first-order valence-corrected chi connectivity index (χ1v) is 9.11. The van der Waals surface area contributed by atoms with Gasteiger partial charge in [0, 0.05) is 17.6 Å². The van der Waals surface area contributed by atoms with Gasteiger partial charge in [-0.1, -0.05) is 23.2 Å². The van der Waals surface area contributed by atoms with Crippen LogP contribution in [-0.2, 0) is 14.3 Å². The summed E-state index contributed by atoms with van der Waals surface area (Å²) in [4.78, 5) is 35.8. The molecule has 0 aliphatic carbocycles. The fourth-order valence-corrected chi connectivity index (χ4v) is 2.52. The van der Waals surface area contributed by atoms with Crippen molar-refractivity contribution in [1.29, 1.82) is 0 Å². The smallest absolute Gasteiger partial charge is 0.308 e. The minimum atomic E-state index is -1.14. The van der Waals surface area contributed by atoms with Crippen LogP contribution >= 0.6 is 23.2 Å². The van der Waals surface area contributed by atoms with Crippen LogP contribution in [0.3, 0.4) is 0 Å². The van der Waals surface area contributed by atoms with E-state index in [0.717, 1.165) is 12.1 Å². The molecule has 2 aromatic carbocycles. The number of amides is 2. The van der Waals surface area contributed by atoms with Gasteiger partial charge >= 0.3 is 5.97 Å². The van der Waals surface area contributed by atoms with E-state index in [-0.39, 0.29) is 29.2 Å². The molecule has 1 unspecified atom stereocenters. The molecule has 0 spiro atoms. The lowest BCUT2D eigenvalue weighted by Crippen LogP contribution is -2.32. The van der Waals surface area contributed by atoms with Crippen molar-refractivity contribution in [3.05, 3.63) is 63.6 Å². The van der Waals surface area contributed by atoms with Gasteiger partial charge in [0.25, 0.3) is 11.8 Å². The summed E-state index contributed by atoms with van der Waals surface area (Å²) < 4.78 is 31.4. The maximum atomic E-state index is 13.5. The van der Waals surface area contributed by atoms with E-state index in [9.17, 15) is 23.2 Å². The molecule has 2 rings (SSSR count). The molecular formula is C19H16Cl2F2N2O4. The number of nitrogens with one attached hydrogen (secondary N) is 2. The number of hydrogen-bond acceptors (Lipinski definition) is 4. The van der Waals surface area contributed by atoms with Crippen molar-refractivity contribution in [2.24, 2.45) is 0 Å². The zero-order valence-electron chi connectivity index (χ0n) is 15.1. The fourth-order valence-electron chi connectivity index (χ4n) is 2.18. The molecule has 0 fully saturated rings. The maximum Gasteiger partial charge on any atom is 0.308 e. The van der Waals surface area contributed by atoms with Crippen LogP contribution in [0.2, 0.25) is 10.0 Å². The number of esters is 1. The lowest BCUT2D eigenvalue weighted by atomic mass is 10.2. The Morgan fingerprint density at radius 2 is 1.83 bits per heavy atom. The number of benzene rings is 2. The molecule has 0 radical (unpaired) electrons. The van der Waals surface area contributed by atoms with Gasteiger partial charge in [-0.25, -0.2) is 8.78 Å². The predicted octanol–water partition coefficient (Wildman–Crippen LogP) is 3.96. The number of anilines is 1. The minimum absolute atomic E-state index is 0.164. The predicted molar refractivity (Wildman–Crippen MR) is 104 cm³/mol. The van der Waals surface area contributed by atoms with Crippen LogP contribution in [0.15, 0.2) is 36.4 Å². The van der Waals surface area contributed by atoms with Gasteiger partial charge in [0.1, 0.15) is 11.6 Å². The molecule has 0 bridgehead atoms. The zero-order chi connectivity index (χ0) is 21.6. The Morgan fingerprint density at radius 3 is 2.52 bits per heavy atom. The fraction of sp³-hybridized carbons (Fsp3) is 0.211. The summed E-state index contributed by atoms with van der Waals surface area (Å²) in [6.07, 6.45) is -1.40. The second-order valence-electron chi connectivity index (χ2n) is 5.88. The molecule has 154 valence electrons. The second-order valence-corrected chi connectivity index (χ2v) is 6.72. The van der Waals surface area contributed by atoms with E-state index in [4.69, 9.17) is 27.9 Å². The van der Waals surface area contributed by atoms with Crippen molar-refractivity contribution in [3.8, 4) is 0 Å². The third-order valence-corrected chi connectivity index (χ3v) is 4.22. The number of halogens is 4. The molecule has 6 nitrogen and oxygen atoms in total. The molecule has 1 atom stereocenters. The number of carbonyl (C=O) groups excluding carboxylic acids is 3. The van der Waals surface area contributed by atoms with E-state index >= 15 is 0 Å². The molecule has 2 aromatic rings. The van der Waals surface area contributed by atoms with E-state index in [0.29, 0.717) is 11.1 Å². The van der Waals surface area contributed by atoms with Gasteiger partial charge < -0.3 is 15.4 Å². The zero-order valence-corrected chi connectivity index (χ0v) is 16.6. The normalized spacial score (nSPS) is 11.5. The van der Waals surface area contributed by atoms with E-state index < -0.39 is 35.5 Å². The van der Waals surface area contributed by atoms with Gasteiger partial charge in [0.05, 0.1) is 22.7 Å². The summed E-state index contributed by atoms with van der Waals surface area (Å²) in [5.74, 6) is -4.02.